The number of ether oxygens (including phenoxy) is 1. The minimum Gasteiger partial charge on any atom is -0.380 e. The molecule has 0 saturated carbocycles. The van der Waals surface area contributed by atoms with Crippen LogP contribution in [0.5, 0.6) is 0 Å². The van der Waals surface area contributed by atoms with E-state index in [-0.39, 0.29) is 0 Å². The molecular formula is C11H14O. The normalized spacial score (nSPS) is 9.83. The number of benzene rings is 1. The first-order chi connectivity index (χ1) is 5.74. The number of hydrogen-bond donors (Lipinski definition) is 0. The molecule has 1 aromatic carbocycles. The van der Waals surface area contributed by atoms with Gasteiger partial charge in [-0.15, -0.1) is 0 Å². The largest absolute Gasteiger partial charge is 0.380 e. The zero-order valence-electron chi connectivity index (χ0n) is 7.63. The zero-order valence-corrected chi connectivity index (χ0v) is 7.63. The summed E-state index contributed by atoms with van der Waals surface area (Å²) >= 11 is 0. The Hall–Kier alpha value is -1.08. The molecule has 0 unspecified atom stereocenters. The highest BCUT2D eigenvalue weighted by molar-refractivity contribution is 5.64. The van der Waals surface area contributed by atoms with E-state index in [2.05, 4.69) is 37.8 Å². The average Bonchev–Trinajstić information content (AvgIpc) is 2.06. The van der Waals surface area contributed by atoms with E-state index in [0.717, 1.165) is 11.1 Å². The van der Waals surface area contributed by atoms with Crippen LogP contribution in [0.25, 0.3) is 5.57 Å². The zero-order chi connectivity index (χ0) is 8.97. The molecule has 64 valence electrons. The van der Waals surface area contributed by atoms with Gasteiger partial charge in [0.15, 0.2) is 0 Å². The Kier molecular flexibility index (Phi) is 3.06. The molecule has 0 aliphatic rings. The minimum absolute atomic E-state index is 0.600. The quantitative estimate of drug-likeness (QED) is 0.664. The number of rotatable bonds is 3. The van der Waals surface area contributed by atoms with Gasteiger partial charge in [0.25, 0.3) is 0 Å². The van der Waals surface area contributed by atoms with E-state index in [9.17, 15) is 0 Å². The highest BCUT2D eigenvalue weighted by Gasteiger charge is 1.96. The van der Waals surface area contributed by atoms with Crippen molar-refractivity contribution in [3.05, 3.63) is 42.0 Å². The fraction of sp³-hybridized carbons (Fsp3) is 0.273. The Morgan fingerprint density at radius 3 is 2.42 bits per heavy atom. The molecule has 1 aromatic rings. The molecule has 0 aliphatic carbocycles. The van der Waals surface area contributed by atoms with E-state index >= 15 is 0 Å². The fourth-order valence-corrected chi connectivity index (χ4v) is 1.05. The van der Waals surface area contributed by atoms with Crippen molar-refractivity contribution in [2.75, 3.05) is 13.7 Å². The Labute approximate surface area is 73.7 Å². The summed E-state index contributed by atoms with van der Waals surface area (Å²) in [5.41, 5.74) is 3.45. The van der Waals surface area contributed by atoms with Crippen LogP contribution in [0.2, 0.25) is 0 Å². The molecule has 1 heteroatoms. The first kappa shape index (κ1) is 9.01. The SMILES string of the molecule is C=C(COC)c1ccc(C)cc1. The second kappa shape index (κ2) is 4.07. The van der Waals surface area contributed by atoms with Crippen LogP contribution in [0, 0.1) is 6.92 Å². The molecule has 1 nitrogen and oxygen atoms in total. The van der Waals surface area contributed by atoms with Crippen molar-refractivity contribution < 1.29 is 4.74 Å². The van der Waals surface area contributed by atoms with Gasteiger partial charge in [-0.3, -0.25) is 0 Å². The Balaban J connectivity index is 2.75. The first-order valence-corrected chi connectivity index (χ1v) is 3.98. The van der Waals surface area contributed by atoms with Crippen LogP contribution in [0.3, 0.4) is 0 Å². The molecule has 0 atom stereocenters. The topological polar surface area (TPSA) is 9.23 Å². The van der Waals surface area contributed by atoms with Crippen LogP contribution < -0.4 is 0 Å². The molecule has 0 fully saturated rings. The average molecular weight is 162 g/mol. The maximum atomic E-state index is 4.99. The fourth-order valence-electron chi connectivity index (χ4n) is 1.05. The van der Waals surface area contributed by atoms with E-state index in [0.29, 0.717) is 6.61 Å². The van der Waals surface area contributed by atoms with Gasteiger partial charge in [-0.05, 0) is 18.1 Å². The third-order valence-electron chi connectivity index (χ3n) is 1.78. The molecule has 0 bridgehead atoms. The molecule has 12 heavy (non-hydrogen) atoms. The van der Waals surface area contributed by atoms with Crippen molar-refractivity contribution >= 4 is 5.57 Å². The van der Waals surface area contributed by atoms with Gasteiger partial charge < -0.3 is 4.74 Å². The van der Waals surface area contributed by atoms with E-state index in [1.165, 1.54) is 5.56 Å². The summed E-state index contributed by atoms with van der Waals surface area (Å²) in [7, 11) is 1.68. The molecule has 0 aromatic heterocycles. The van der Waals surface area contributed by atoms with Crippen molar-refractivity contribution in [2.45, 2.75) is 6.92 Å². The van der Waals surface area contributed by atoms with Crippen molar-refractivity contribution in [3.63, 3.8) is 0 Å². The van der Waals surface area contributed by atoms with Gasteiger partial charge in [-0.25, -0.2) is 0 Å². The van der Waals surface area contributed by atoms with Crippen LogP contribution in [-0.2, 0) is 4.74 Å². The molecule has 0 saturated heterocycles. The maximum Gasteiger partial charge on any atom is 0.0713 e. The third kappa shape index (κ3) is 2.21. The lowest BCUT2D eigenvalue weighted by atomic mass is 10.1. The summed E-state index contributed by atoms with van der Waals surface area (Å²) in [6.45, 7) is 6.59. The smallest absolute Gasteiger partial charge is 0.0713 e. The number of hydrogen-bond acceptors (Lipinski definition) is 1. The van der Waals surface area contributed by atoms with Crippen LogP contribution in [0.4, 0.5) is 0 Å². The Morgan fingerprint density at radius 2 is 1.92 bits per heavy atom. The monoisotopic (exact) mass is 162 g/mol. The van der Waals surface area contributed by atoms with Gasteiger partial charge in [0.2, 0.25) is 0 Å². The second-order valence-electron chi connectivity index (χ2n) is 2.90. The lowest BCUT2D eigenvalue weighted by Gasteiger charge is -2.04. The van der Waals surface area contributed by atoms with Crippen LogP contribution in [0.15, 0.2) is 30.8 Å². The minimum atomic E-state index is 0.600. The van der Waals surface area contributed by atoms with Gasteiger partial charge in [-0.1, -0.05) is 36.4 Å². The van der Waals surface area contributed by atoms with E-state index in [1.807, 2.05) is 0 Å². The number of aryl methyl sites for hydroxylation is 1. The predicted molar refractivity (Wildman–Crippen MR) is 52.1 cm³/mol. The first-order valence-electron chi connectivity index (χ1n) is 3.98. The maximum absolute atomic E-state index is 4.99. The predicted octanol–water partition coefficient (Wildman–Crippen LogP) is 2.65. The summed E-state index contributed by atoms with van der Waals surface area (Å²) in [6.07, 6.45) is 0. The van der Waals surface area contributed by atoms with Crippen molar-refractivity contribution in [1.82, 2.24) is 0 Å². The molecule has 0 amide bonds. The Bertz CT molecular complexity index is 259. The number of methoxy groups -OCH3 is 1. The van der Waals surface area contributed by atoms with E-state index < -0.39 is 0 Å². The van der Waals surface area contributed by atoms with Gasteiger partial charge >= 0.3 is 0 Å². The molecule has 0 heterocycles. The van der Waals surface area contributed by atoms with E-state index in [1.54, 1.807) is 7.11 Å². The molecule has 0 aliphatic heterocycles. The van der Waals surface area contributed by atoms with Crippen molar-refractivity contribution in [1.29, 1.82) is 0 Å². The summed E-state index contributed by atoms with van der Waals surface area (Å²) < 4.78 is 4.99. The van der Waals surface area contributed by atoms with Gasteiger partial charge in [-0.2, -0.15) is 0 Å². The van der Waals surface area contributed by atoms with Gasteiger partial charge in [0.05, 0.1) is 6.61 Å². The van der Waals surface area contributed by atoms with E-state index in [4.69, 9.17) is 4.74 Å². The summed E-state index contributed by atoms with van der Waals surface area (Å²) in [5, 5.41) is 0. The van der Waals surface area contributed by atoms with Crippen LogP contribution >= 0.6 is 0 Å². The second-order valence-corrected chi connectivity index (χ2v) is 2.90. The molecule has 1 rings (SSSR count). The molecule has 0 N–H and O–H groups in total. The highest BCUT2D eigenvalue weighted by Crippen LogP contribution is 2.12. The van der Waals surface area contributed by atoms with Crippen molar-refractivity contribution in [2.24, 2.45) is 0 Å². The molecule has 0 radical (unpaired) electrons. The summed E-state index contributed by atoms with van der Waals surface area (Å²) in [6, 6.07) is 8.29. The summed E-state index contributed by atoms with van der Waals surface area (Å²) in [4.78, 5) is 0. The molecule has 0 spiro atoms. The lowest BCUT2D eigenvalue weighted by molar-refractivity contribution is 0.240. The van der Waals surface area contributed by atoms with Crippen LogP contribution in [-0.4, -0.2) is 13.7 Å². The van der Waals surface area contributed by atoms with Gasteiger partial charge in [0, 0.05) is 7.11 Å². The lowest BCUT2D eigenvalue weighted by Crippen LogP contribution is -1.91. The van der Waals surface area contributed by atoms with Gasteiger partial charge in [0.1, 0.15) is 0 Å². The van der Waals surface area contributed by atoms with Crippen LogP contribution in [0.1, 0.15) is 11.1 Å². The molecular weight excluding hydrogens is 148 g/mol. The Morgan fingerprint density at radius 1 is 1.33 bits per heavy atom. The highest BCUT2D eigenvalue weighted by atomic mass is 16.5. The third-order valence-corrected chi connectivity index (χ3v) is 1.78. The standard InChI is InChI=1S/C11H14O/c1-9-4-6-11(7-5-9)10(2)8-12-3/h4-7H,2,8H2,1,3H3. The summed E-state index contributed by atoms with van der Waals surface area (Å²) in [5.74, 6) is 0. The van der Waals surface area contributed by atoms with Crippen molar-refractivity contribution in [3.8, 4) is 0 Å².